The molecule has 0 radical (unpaired) electrons. The lowest BCUT2D eigenvalue weighted by molar-refractivity contribution is 1.02. The summed E-state index contributed by atoms with van der Waals surface area (Å²) < 4.78 is 1.12. The molecule has 0 saturated heterocycles. The zero-order valence-electron chi connectivity index (χ0n) is 8.53. The first-order valence-electron chi connectivity index (χ1n) is 4.95. The fraction of sp³-hybridized carbons (Fsp3) is 0.250. The van der Waals surface area contributed by atoms with Crippen molar-refractivity contribution in [2.75, 3.05) is 0 Å². The first-order valence-corrected chi connectivity index (χ1v) is 6.63. The van der Waals surface area contributed by atoms with Gasteiger partial charge in [0.05, 0.1) is 10.7 Å². The second-order valence-electron chi connectivity index (χ2n) is 3.39. The van der Waals surface area contributed by atoms with Crippen LogP contribution in [0.3, 0.4) is 0 Å². The fourth-order valence-corrected chi connectivity index (χ4v) is 2.55. The summed E-state index contributed by atoms with van der Waals surface area (Å²) in [6.45, 7) is 2.14. The van der Waals surface area contributed by atoms with Crippen molar-refractivity contribution in [2.24, 2.45) is 0 Å². The van der Waals surface area contributed by atoms with Crippen LogP contribution in [0.5, 0.6) is 0 Å². The topological polar surface area (TPSA) is 12.9 Å². The van der Waals surface area contributed by atoms with Crippen LogP contribution >= 0.6 is 27.3 Å². The lowest BCUT2D eigenvalue weighted by atomic mass is 10.2. The minimum absolute atomic E-state index is 0.942. The quantitative estimate of drug-likeness (QED) is 0.827. The Hall–Kier alpha value is -0.670. The summed E-state index contributed by atoms with van der Waals surface area (Å²) in [5.41, 5.74) is 2.52. The van der Waals surface area contributed by atoms with Crippen molar-refractivity contribution in [3.8, 4) is 0 Å². The van der Waals surface area contributed by atoms with Gasteiger partial charge in [-0.3, -0.25) is 0 Å². The van der Waals surface area contributed by atoms with Crippen molar-refractivity contribution in [1.29, 1.82) is 0 Å². The molecule has 0 bridgehead atoms. The van der Waals surface area contributed by atoms with Crippen LogP contribution in [-0.4, -0.2) is 4.98 Å². The van der Waals surface area contributed by atoms with E-state index in [1.807, 2.05) is 0 Å². The number of nitrogens with zero attached hydrogens (tertiary/aromatic N) is 1. The molecule has 0 spiro atoms. The van der Waals surface area contributed by atoms with Crippen molar-refractivity contribution in [3.05, 3.63) is 50.4 Å². The molecule has 78 valence electrons. The lowest BCUT2D eigenvalue weighted by Crippen LogP contribution is -1.88. The molecule has 15 heavy (non-hydrogen) atoms. The second-order valence-corrected chi connectivity index (χ2v) is 5.25. The average Bonchev–Trinajstić information content (AvgIpc) is 2.69. The third-order valence-electron chi connectivity index (χ3n) is 2.23. The number of thiazole rings is 1. The molecular formula is C12H12BrNS. The number of benzene rings is 1. The Kier molecular flexibility index (Phi) is 3.54. The van der Waals surface area contributed by atoms with Gasteiger partial charge in [0.15, 0.2) is 0 Å². The number of rotatable bonds is 3. The summed E-state index contributed by atoms with van der Waals surface area (Å²) in [7, 11) is 0. The van der Waals surface area contributed by atoms with Crippen molar-refractivity contribution >= 4 is 27.3 Å². The molecule has 1 nitrogen and oxygen atoms in total. The van der Waals surface area contributed by atoms with Crippen LogP contribution in [0.2, 0.25) is 0 Å². The predicted octanol–water partition coefficient (Wildman–Crippen LogP) is 4.06. The van der Waals surface area contributed by atoms with Crippen LogP contribution in [0.4, 0.5) is 0 Å². The Morgan fingerprint density at radius 3 is 2.60 bits per heavy atom. The van der Waals surface area contributed by atoms with E-state index in [9.17, 15) is 0 Å². The lowest BCUT2D eigenvalue weighted by Gasteiger charge is -1.97. The largest absolute Gasteiger partial charge is 0.246 e. The normalized spacial score (nSPS) is 10.5. The molecule has 3 heteroatoms. The van der Waals surface area contributed by atoms with Crippen molar-refractivity contribution in [1.82, 2.24) is 4.98 Å². The molecule has 0 aliphatic heterocycles. The van der Waals surface area contributed by atoms with E-state index < -0.39 is 0 Å². The number of aromatic nitrogens is 1. The van der Waals surface area contributed by atoms with Crippen LogP contribution in [0.25, 0.3) is 0 Å². The van der Waals surface area contributed by atoms with Gasteiger partial charge in [-0.15, -0.1) is 11.3 Å². The Morgan fingerprint density at radius 1 is 1.27 bits per heavy atom. The molecule has 0 aliphatic carbocycles. The maximum atomic E-state index is 4.55. The molecular weight excluding hydrogens is 270 g/mol. The number of aryl methyl sites for hydroxylation is 1. The first kappa shape index (κ1) is 10.8. The molecule has 1 aromatic heterocycles. The molecule has 0 aliphatic rings. The molecule has 1 aromatic carbocycles. The molecule has 0 atom stereocenters. The number of halogens is 1. The summed E-state index contributed by atoms with van der Waals surface area (Å²) in [6, 6.07) is 8.42. The van der Waals surface area contributed by atoms with E-state index >= 15 is 0 Å². The SMILES string of the molecule is CCc1csc(Cc2ccc(Br)cc2)n1. The van der Waals surface area contributed by atoms with E-state index in [0.717, 1.165) is 17.3 Å². The molecule has 0 unspecified atom stereocenters. The second kappa shape index (κ2) is 4.90. The van der Waals surface area contributed by atoms with Gasteiger partial charge in [0.1, 0.15) is 0 Å². The van der Waals surface area contributed by atoms with Gasteiger partial charge in [0.2, 0.25) is 0 Å². The van der Waals surface area contributed by atoms with Crippen LogP contribution < -0.4 is 0 Å². The standard InChI is InChI=1S/C12H12BrNS/c1-2-11-8-15-12(14-11)7-9-3-5-10(13)6-4-9/h3-6,8H,2,7H2,1H3. The summed E-state index contributed by atoms with van der Waals surface area (Å²) in [6.07, 6.45) is 1.97. The minimum atomic E-state index is 0.942. The third kappa shape index (κ3) is 2.89. The summed E-state index contributed by atoms with van der Waals surface area (Å²) in [5.74, 6) is 0. The van der Waals surface area contributed by atoms with E-state index in [0.29, 0.717) is 0 Å². The van der Waals surface area contributed by atoms with Gasteiger partial charge in [-0.05, 0) is 24.1 Å². The van der Waals surface area contributed by atoms with Gasteiger partial charge in [-0.1, -0.05) is 35.0 Å². The monoisotopic (exact) mass is 281 g/mol. The summed E-state index contributed by atoms with van der Waals surface area (Å²) in [4.78, 5) is 4.55. The molecule has 1 heterocycles. The zero-order chi connectivity index (χ0) is 10.7. The minimum Gasteiger partial charge on any atom is -0.246 e. The molecule has 2 aromatic rings. The van der Waals surface area contributed by atoms with E-state index in [4.69, 9.17) is 0 Å². The maximum Gasteiger partial charge on any atom is 0.0972 e. The van der Waals surface area contributed by atoms with Crippen LogP contribution in [0.15, 0.2) is 34.1 Å². The van der Waals surface area contributed by atoms with Crippen molar-refractivity contribution in [3.63, 3.8) is 0 Å². The summed E-state index contributed by atoms with van der Waals surface area (Å²) >= 11 is 5.18. The third-order valence-corrected chi connectivity index (χ3v) is 3.66. The van der Waals surface area contributed by atoms with E-state index in [1.54, 1.807) is 11.3 Å². The number of hydrogen-bond acceptors (Lipinski definition) is 2. The number of hydrogen-bond donors (Lipinski definition) is 0. The van der Waals surface area contributed by atoms with Crippen LogP contribution in [-0.2, 0) is 12.8 Å². The highest BCUT2D eigenvalue weighted by atomic mass is 79.9. The highest BCUT2D eigenvalue weighted by Crippen LogP contribution is 2.17. The van der Waals surface area contributed by atoms with Gasteiger partial charge in [0, 0.05) is 16.3 Å². The molecule has 0 amide bonds. The predicted molar refractivity (Wildman–Crippen MR) is 68.4 cm³/mol. The first-order chi connectivity index (χ1) is 7.28. The Bertz CT molecular complexity index is 433. The average molecular weight is 282 g/mol. The van der Waals surface area contributed by atoms with Crippen LogP contribution in [0, 0.1) is 0 Å². The summed E-state index contributed by atoms with van der Waals surface area (Å²) in [5, 5.41) is 3.35. The maximum absolute atomic E-state index is 4.55. The molecule has 0 fully saturated rings. The van der Waals surface area contributed by atoms with E-state index in [2.05, 4.69) is 57.5 Å². The Labute approximate surface area is 102 Å². The van der Waals surface area contributed by atoms with E-state index in [-0.39, 0.29) is 0 Å². The zero-order valence-corrected chi connectivity index (χ0v) is 10.9. The molecule has 0 saturated carbocycles. The molecule has 0 N–H and O–H groups in total. The van der Waals surface area contributed by atoms with Gasteiger partial charge in [-0.2, -0.15) is 0 Å². The van der Waals surface area contributed by atoms with Gasteiger partial charge >= 0.3 is 0 Å². The van der Waals surface area contributed by atoms with Crippen molar-refractivity contribution in [2.45, 2.75) is 19.8 Å². The van der Waals surface area contributed by atoms with Gasteiger partial charge in [-0.25, -0.2) is 4.98 Å². The fourth-order valence-electron chi connectivity index (χ4n) is 1.37. The highest BCUT2D eigenvalue weighted by molar-refractivity contribution is 9.10. The molecule has 2 rings (SSSR count). The Morgan fingerprint density at radius 2 is 2.00 bits per heavy atom. The Balaban J connectivity index is 2.11. The smallest absolute Gasteiger partial charge is 0.0972 e. The van der Waals surface area contributed by atoms with Crippen LogP contribution in [0.1, 0.15) is 23.2 Å². The highest BCUT2D eigenvalue weighted by Gasteiger charge is 2.01. The van der Waals surface area contributed by atoms with Gasteiger partial charge in [0.25, 0.3) is 0 Å². The van der Waals surface area contributed by atoms with E-state index in [1.165, 1.54) is 16.3 Å². The van der Waals surface area contributed by atoms with Crippen molar-refractivity contribution < 1.29 is 0 Å². The van der Waals surface area contributed by atoms with Gasteiger partial charge < -0.3 is 0 Å².